The molecule has 0 bridgehead atoms. The number of carbonyl (C=O) groups excluding carboxylic acids is 1. The Bertz CT molecular complexity index is 546. The number of ether oxygens (including phenoxy) is 1. The number of halogens is 1. The van der Waals surface area contributed by atoms with Gasteiger partial charge in [-0.15, -0.1) is 12.4 Å². The van der Waals surface area contributed by atoms with Crippen LogP contribution >= 0.6 is 12.4 Å². The lowest BCUT2D eigenvalue weighted by Crippen LogP contribution is -2.30. The first-order chi connectivity index (χ1) is 10.6. The molecule has 1 heterocycles. The Labute approximate surface area is 144 Å². The summed E-state index contributed by atoms with van der Waals surface area (Å²) in [6.45, 7) is 4.37. The van der Waals surface area contributed by atoms with E-state index in [2.05, 4.69) is 23.6 Å². The van der Waals surface area contributed by atoms with Crippen LogP contribution in [0.1, 0.15) is 38.2 Å². The van der Waals surface area contributed by atoms with Gasteiger partial charge in [-0.3, -0.25) is 4.79 Å². The number of nitrogens with one attached hydrogen (secondary N) is 2. The van der Waals surface area contributed by atoms with Gasteiger partial charge in [0.1, 0.15) is 5.75 Å². The summed E-state index contributed by atoms with van der Waals surface area (Å²) in [5.41, 5.74) is 1.21. The van der Waals surface area contributed by atoms with Crippen molar-refractivity contribution in [3.63, 3.8) is 0 Å². The number of para-hydroxylation sites is 1. The number of carbonyl (C=O) groups is 1. The van der Waals surface area contributed by atoms with Gasteiger partial charge in [0.25, 0.3) is 0 Å². The second-order valence-corrected chi connectivity index (χ2v) is 6.84. The van der Waals surface area contributed by atoms with Gasteiger partial charge in [0.05, 0.1) is 7.11 Å². The maximum absolute atomic E-state index is 12.2. The third-order valence-electron chi connectivity index (χ3n) is 5.24. The molecule has 2 fully saturated rings. The van der Waals surface area contributed by atoms with E-state index in [0.717, 1.165) is 31.7 Å². The van der Waals surface area contributed by atoms with Gasteiger partial charge in [-0.05, 0) is 44.3 Å². The number of amides is 1. The van der Waals surface area contributed by atoms with Crippen molar-refractivity contribution in [2.45, 2.75) is 44.1 Å². The van der Waals surface area contributed by atoms with E-state index in [-0.39, 0.29) is 29.8 Å². The average Bonchev–Trinajstić information content (AvgIpc) is 2.95. The fourth-order valence-electron chi connectivity index (χ4n) is 3.55. The summed E-state index contributed by atoms with van der Waals surface area (Å²) in [5, 5.41) is 6.55. The fraction of sp³-hybridized carbons (Fsp3) is 0.611. The van der Waals surface area contributed by atoms with Crippen LogP contribution in [0.15, 0.2) is 24.3 Å². The Morgan fingerprint density at radius 1 is 1.43 bits per heavy atom. The van der Waals surface area contributed by atoms with Crippen molar-refractivity contribution in [3.8, 4) is 5.75 Å². The standard InChI is InChI=1S/C18H26N2O2.ClH/c1-18(14-5-3-4-6-15(14)22-2)11-16(18)20-17(21)8-7-13-9-10-19-12-13;/h3-6,13,16,19H,7-12H2,1-2H3,(H,20,21);1H. The van der Waals surface area contributed by atoms with Crippen LogP contribution in [0.4, 0.5) is 0 Å². The Morgan fingerprint density at radius 3 is 2.91 bits per heavy atom. The summed E-state index contributed by atoms with van der Waals surface area (Å²) in [5.74, 6) is 1.78. The van der Waals surface area contributed by atoms with Crippen LogP contribution in [-0.4, -0.2) is 32.1 Å². The summed E-state index contributed by atoms with van der Waals surface area (Å²) in [6, 6.07) is 8.35. The topological polar surface area (TPSA) is 50.4 Å². The Balaban J connectivity index is 0.00000192. The highest BCUT2D eigenvalue weighted by Crippen LogP contribution is 2.51. The number of methoxy groups -OCH3 is 1. The van der Waals surface area contributed by atoms with Crippen molar-refractivity contribution in [3.05, 3.63) is 29.8 Å². The second-order valence-electron chi connectivity index (χ2n) is 6.84. The first kappa shape index (κ1) is 18.1. The zero-order valence-corrected chi connectivity index (χ0v) is 14.7. The lowest BCUT2D eigenvalue weighted by molar-refractivity contribution is -0.121. The normalized spacial score (nSPS) is 28.8. The molecule has 2 aliphatic rings. The van der Waals surface area contributed by atoms with Gasteiger partial charge < -0.3 is 15.4 Å². The van der Waals surface area contributed by atoms with Crippen LogP contribution in [0.5, 0.6) is 5.75 Å². The fourth-order valence-corrected chi connectivity index (χ4v) is 3.55. The van der Waals surface area contributed by atoms with Crippen LogP contribution in [0.3, 0.4) is 0 Å². The second kappa shape index (κ2) is 7.54. The molecule has 1 saturated carbocycles. The van der Waals surface area contributed by atoms with E-state index in [1.165, 1.54) is 12.0 Å². The molecular formula is C18H27ClN2O2. The van der Waals surface area contributed by atoms with Gasteiger partial charge in [0.15, 0.2) is 0 Å². The zero-order chi connectivity index (χ0) is 15.6. The highest BCUT2D eigenvalue weighted by molar-refractivity contribution is 5.85. The lowest BCUT2D eigenvalue weighted by atomic mass is 9.96. The van der Waals surface area contributed by atoms with Crippen LogP contribution in [0, 0.1) is 5.92 Å². The maximum atomic E-state index is 12.2. The van der Waals surface area contributed by atoms with Crippen molar-refractivity contribution in [2.75, 3.05) is 20.2 Å². The SMILES string of the molecule is COc1ccccc1C1(C)CC1NC(=O)CCC1CCNC1.Cl. The van der Waals surface area contributed by atoms with E-state index >= 15 is 0 Å². The first-order valence-corrected chi connectivity index (χ1v) is 8.27. The van der Waals surface area contributed by atoms with Gasteiger partial charge in [-0.1, -0.05) is 25.1 Å². The molecule has 1 aromatic carbocycles. The molecule has 2 N–H and O–H groups in total. The smallest absolute Gasteiger partial charge is 0.220 e. The number of rotatable bonds is 6. The van der Waals surface area contributed by atoms with Crippen LogP contribution in [0.25, 0.3) is 0 Å². The third kappa shape index (κ3) is 3.99. The Kier molecular flexibility index (Phi) is 5.93. The van der Waals surface area contributed by atoms with Crippen molar-refractivity contribution >= 4 is 18.3 Å². The van der Waals surface area contributed by atoms with Crippen molar-refractivity contribution < 1.29 is 9.53 Å². The monoisotopic (exact) mass is 338 g/mol. The molecule has 23 heavy (non-hydrogen) atoms. The summed E-state index contributed by atoms with van der Waals surface area (Å²) in [4.78, 5) is 12.2. The van der Waals surface area contributed by atoms with Gasteiger partial charge in [0.2, 0.25) is 5.91 Å². The van der Waals surface area contributed by atoms with E-state index in [0.29, 0.717) is 12.3 Å². The summed E-state index contributed by atoms with van der Waals surface area (Å²) >= 11 is 0. The quantitative estimate of drug-likeness (QED) is 0.838. The van der Waals surface area contributed by atoms with Crippen molar-refractivity contribution in [1.82, 2.24) is 10.6 Å². The molecule has 3 rings (SSSR count). The predicted octanol–water partition coefficient (Wildman–Crippen LogP) is 2.65. The van der Waals surface area contributed by atoms with Crippen LogP contribution < -0.4 is 15.4 Å². The zero-order valence-electron chi connectivity index (χ0n) is 13.9. The number of benzene rings is 1. The van der Waals surface area contributed by atoms with E-state index in [1.54, 1.807) is 7.11 Å². The molecule has 1 aliphatic heterocycles. The molecule has 1 aliphatic carbocycles. The van der Waals surface area contributed by atoms with E-state index in [4.69, 9.17) is 4.74 Å². The molecule has 0 spiro atoms. The highest BCUT2D eigenvalue weighted by atomic mass is 35.5. The van der Waals surface area contributed by atoms with Crippen LogP contribution in [0.2, 0.25) is 0 Å². The van der Waals surface area contributed by atoms with E-state index in [1.807, 2.05) is 18.2 Å². The number of hydrogen-bond acceptors (Lipinski definition) is 3. The molecule has 5 heteroatoms. The van der Waals surface area contributed by atoms with Gasteiger partial charge >= 0.3 is 0 Å². The molecule has 0 radical (unpaired) electrons. The van der Waals surface area contributed by atoms with Gasteiger partial charge in [0, 0.05) is 23.4 Å². The molecule has 0 aromatic heterocycles. The molecule has 128 valence electrons. The van der Waals surface area contributed by atoms with E-state index in [9.17, 15) is 4.79 Å². The number of hydrogen-bond donors (Lipinski definition) is 2. The van der Waals surface area contributed by atoms with Crippen LogP contribution in [-0.2, 0) is 10.2 Å². The summed E-state index contributed by atoms with van der Waals surface area (Å²) in [7, 11) is 1.70. The Hall–Kier alpha value is -1.26. The maximum Gasteiger partial charge on any atom is 0.220 e. The molecule has 3 atom stereocenters. The minimum atomic E-state index is 0. The first-order valence-electron chi connectivity index (χ1n) is 8.27. The summed E-state index contributed by atoms with van der Waals surface area (Å²) in [6.07, 6.45) is 3.83. The molecule has 3 unspecified atom stereocenters. The van der Waals surface area contributed by atoms with Gasteiger partial charge in [-0.25, -0.2) is 0 Å². The molecule has 1 aromatic rings. The van der Waals surface area contributed by atoms with Crippen molar-refractivity contribution in [1.29, 1.82) is 0 Å². The van der Waals surface area contributed by atoms with Gasteiger partial charge in [-0.2, -0.15) is 0 Å². The highest BCUT2D eigenvalue weighted by Gasteiger charge is 2.53. The predicted molar refractivity (Wildman–Crippen MR) is 94.4 cm³/mol. The molecule has 1 amide bonds. The minimum Gasteiger partial charge on any atom is -0.496 e. The largest absolute Gasteiger partial charge is 0.496 e. The van der Waals surface area contributed by atoms with Crippen molar-refractivity contribution in [2.24, 2.45) is 5.92 Å². The average molecular weight is 339 g/mol. The summed E-state index contributed by atoms with van der Waals surface area (Å²) < 4.78 is 5.46. The minimum absolute atomic E-state index is 0. The van der Waals surface area contributed by atoms with E-state index < -0.39 is 0 Å². The third-order valence-corrected chi connectivity index (χ3v) is 5.24. The molecular weight excluding hydrogens is 312 g/mol. The Morgan fingerprint density at radius 2 is 2.22 bits per heavy atom. The molecule has 1 saturated heterocycles. The lowest BCUT2D eigenvalue weighted by Gasteiger charge is -2.16. The molecule has 4 nitrogen and oxygen atoms in total.